The third kappa shape index (κ3) is 2.59. The summed E-state index contributed by atoms with van der Waals surface area (Å²) in [6, 6.07) is 9.46. The highest BCUT2D eigenvalue weighted by molar-refractivity contribution is 7.09. The molecule has 3 heterocycles. The van der Waals surface area contributed by atoms with E-state index >= 15 is 0 Å². The molecule has 0 atom stereocenters. The molecule has 0 aliphatic rings. The minimum absolute atomic E-state index is 0.0364. The lowest BCUT2D eigenvalue weighted by Crippen LogP contribution is -2.12. The van der Waals surface area contributed by atoms with Gasteiger partial charge in [-0.15, -0.1) is 16.4 Å². The number of benzene rings is 1. The summed E-state index contributed by atoms with van der Waals surface area (Å²) in [5.41, 5.74) is 1.92. The van der Waals surface area contributed by atoms with Crippen LogP contribution in [0.4, 0.5) is 6.01 Å². The molecule has 0 unspecified atom stereocenters. The summed E-state index contributed by atoms with van der Waals surface area (Å²) in [5, 5.41) is 14.0. The lowest BCUT2D eigenvalue weighted by molar-refractivity contribution is 0.102. The first-order chi connectivity index (χ1) is 11.2. The predicted molar refractivity (Wildman–Crippen MR) is 86.4 cm³/mol. The molecule has 0 aliphatic heterocycles. The van der Waals surface area contributed by atoms with E-state index in [1.54, 1.807) is 6.07 Å². The highest BCUT2D eigenvalue weighted by Gasteiger charge is 2.15. The Balaban J connectivity index is 1.55. The van der Waals surface area contributed by atoms with Crippen molar-refractivity contribution in [3.8, 4) is 11.6 Å². The van der Waals surface area contributed by atoms with Gasteiger partial charge in [-0.05, 0) is 19.1 Å². The smallest absolute Gasteiger partial charge is 0.322 e. The normalized spacial score (nSPS) is 11.0. The van der Waals surface area contributed by atoms with E-state index < -0.39 is 0 Å². The van der Waals surface area contributed by atoms with Crippen molar-refractivity contribution < 1.29 is 9.21 Å². The molecule has 1 aromatic carbocycles. The van der Waals surface area contributed by atoms with Crippen LogP contribution in [0.5, 0.6) is 0 Å². The Morgan fingerprint density at radius 2 is 2.17 bits per heavy atom. The minimum Gasteiger partial charge on any atom is -0.401 e. The van der Waals surface area contributed by atoms with Crippen LogP contribution >= 0.6 is 11.3 Å². The number of nitrogens with one attached hydrogen (secondary N) is 2. The SMILES string of the molecule is Cc1nc(-c2nnc(NC(=O)c3cc4ccccc4[nH]3)o2)cs1. The maximum Gasteiger partial charge on any atom is 0.322 e. The number of anilines is 1. The number of para-hydroxylation sites is 1. The van der Waals surface area contributed by atoms with E-state index in [9.17, 15) is 4.79 Å². The largest absolute Gasteiger partial charge is 0.401 e. The van der Waals surface area contributed by atoms with Crippen LogP contribution in [0.1, 0.15) is 15.5 Å². The van der Waals surface area contributed by atoms with Crippen molar-refractivity contribution in [1.29, 1.82) is 0 Å². The minimum atomic E-state index is -0.342. The van der Waals surface area contributed by atoms with E-state index in [0.717, 1.165) is 15.9 Å². The molecule has 1 amide bonds. The molecule has 0 fully saturated rings. The van der Waals surface area contributed by atoms with Crippen LogP contribution in [0, 0.1) is 6.92 Å². The number of aromatic nitrogens is 4. The first-order valence-electron chi connectivity index (χ1n) is 6.84. The van der Waals surface area contributed by atoms with Gasteiger partial charge < -0.3 is 9.40 Å². The van der Waals surface area contributed by atoms with Crippen molar-refractivity contribution in [2.24, 2.45) is 0 Å². The molecule has 3 aromatic heterocycles. The molecule has 114 valence electrons. The van der Waals surface area contributed by atoms with Crippen LogP contribution in [-0.4, -0.2) is 26.1 Å². The zero-order chi connectivity index (χ0) is 15.8. The number of amides is 1. The van der Waals surface area contributed by atoms with Crippen LogP contribution in [0.3, 0.4) is 0 Å². The fourth-order valence-electron chi connectivity index (χ4n) is 2.20. The van der Waals surface area contributed by atoms with Crippen molar-refractivity contribution in [3.63, 3.8) is 0 Å². The zero-order valence-corrected chi connectivity index (χ0v) is 12.8. The quantitative estimate of drug-likeness (QED) is 0.603. The Bertz CT molecular complexity index is 967. The number of fused-ring (bicyclic) bond motifs is 1. The first kappa shape index (κ1) is 13.6. The van der Waals surface area contributed by atoms with Gasteiger partial charge in [-0.2, -0.15) is 0 Å². The van der Waals surface area contributed by atoms with Gasteiger partial charge >= 0.3 is 6.01 Å². The third-order valence-corrected chi connectivity index (χ3v) is 4.03. The molecule has 0 saturated carbocycles. The van der Waals surface area contributed by atoms with E-state index in [-0.39, 0.29) is 17.8 Å². The van der Waals surface area contributed by atoms with Gasteiger partial charge in [0.15, 0.2) is 0 Å². The molecule has 4 rings (SSSR count). The Labute approximate surface area is 134 Å². The number of H-pyrrole nitrogens is 1. The van der Waals surface area contributed by atoms with Crippen LogP contribution < -0.4 is 5.32 Å². The number of carbonyl (C=O) groups excluding carboxylic acids is 1. The van der Waals surface area contributed by atoms with Gasteiger partial charge in [0.2, 0.25) is 0 Å². The first-order valence-corrected chi connectivity index (χ1v) is 7.72. The van der Waals surface area contributed by atoms with Gasteiger partial charge in [-0.1, -0.05) is 23.3 Å². The number of nitrogens with zero attached hydrogens (tertiary/aromatic N) is 3. The van der Waals surface area contributed by atoms with E-state index in [1.807, 2.05) is 36.6 Å². The maximum absolute atomic E-state index is 12.2. The Morgan fingerprint density at radius 3 is 2.96 bits per heavy atom. The monoisotopic (exact) mass is 325 g/mol. The number of carbonyl (C=O) groups is 1. The van der Waals surface area contributed by atoms with Crippen LogP contribution in [0.2, 0.25) is 0 Å². The van der Waals surface area contributed by atoms with Gasteiger partial charge in [-0.25, -0.2) is 4.98 Å². The summed E-state index contributed by atoms with van der Waals surface area (Å²) < 4.78 is 5.43. The fourth-order valence-corrected chi connectivity index (χ4v) is 2.79. The molecule has 0 spiro atoms. The summed E-state index contributed by atoms with van der Waals surface area (Å²) in [4.78, 5) is 19.6. The highest BCUT2D eigenvalue weighted by atomic mass is 32.1. The number of rotatable bonds is 3. The van der Waals surface area contributed by atoms with Gasteiger partial charge in [0.25, 0.3) is 11.8 Å². The summed E-state index contributed by atoms with van der Waals surface area (Å²) in [5.74, 6) is -0.0628. The number of hydrogen-bond acceptors (Lipinski definition) is 6. The molecule has 0 saturated heterocycles. The third-order valence-electron chi connectivity index (χ3n) is 3.26. The predicted octanol–water partition coefficient (Wildman–Crippen LogP) is 3.24. The summed E-state index contributed by atoms with van der Waals surface area (Å²) >= 11 is 1.49. The number of aromatic amines is 1. The van der Waals surface area contributed by atoms with Crippen LogP contribution in [0.25, 0.3) is 22.5 Å². The molecular weight excluding hydrogens is 314 g/mol. The Kier molecular flexibility index (Phi) is 3.16. The van der Waals surface area contributed by atoms with Crippen molar-refractivity contribution in [2.45, 2.75) is 6.92 Å². The van der Waals surface area contributed by atoms with Crippen molar-refractivity contribution in [1.82, 2.24) is 20.2 Å². The lowest BCUT2D eigenvalue weighted by atomic mass is 10.2. The van der Waals surface area contributed by atoms with E-state index in [2.05, 4.69) is 25.5 Å². The average Bonchev–Trinajstić information content (AvgIpc) is 3.25. The number of aryl methyl sites for hydroxylation is 1. The second-order valence-electron chi connectivity index (χ2n) is 4.89. The molecular formula is C15H11N5O2S. The van der Waals surface area contributed by atoms with Gasteiger partial charge in [-0.3, -0.25) is 10.1 Å². The molecule has 0 aliphatic carbocycles. The van der Waals surface area contributed by atoms with Crippen molar-refractivity contribution in [3.05, 3.63) is 46.4 Å². The van der Waals surface area contributed by atoms with Gasteiger partial charge in [0.05, 0.1) is 5.01 Å². The fraction of sp³-hybridized carbons (Fsp3) is 0.0667. The molecule has 7 nitrogen and oxygen atoms in total. The summed E-state index contributed by atoms with van der Waals surface area (Å²) in [6.45, 7) is 1.89. The molecule has 0 bridgehead atoms. The summed E-state index contributed by atoms with van der Waals surface area (Å²) in [6.07, 6.45) is 0. The number of hydrogen-bond donors (Lipinski definition) is 2. The molecule has 8 heteroatoms. The zero-order valence-electron chi connectivity index (χ0n) is 12.0. The average molecular weight is 325 g/mol. The molecule has 2 N–H and O–H groups in total. The molecule has 0 radical (unpaired) electrons. The standard InChI is InChI=1S/C15H11N5O2S/c1-8-16-12(7-23-8)14-19-20-15(22-14)18-13(21)11-6-9-4-2-3-5-10(9)17-11/h2-7,17H,1H3,(H,18,20,21). The van der Waals surface area contributed by atoms with Gasteiger partial charge in [0, 0.05) is 16.3 Å². The topological polar surface area (TPSA) is 96.7 Å². The Morgan fingerprint density at radius 1 is 1.30 bits per heavy atom. The van der Waals surface area contributed by atoms with Gasteiger partial charge in [0.1, 0.15) is 11.4 Å². The summed E-state index contributed by atoms with van der Waals surface area (Å²) in [7, 11) is 0. The van der Waals surface area contributed by atoms with E-state index in [0.29, 0.717) is 11.4 Å². The highest BCUT2D eigenvalue weighted by Crippen LogP contribution is 2.22. The van der Waals surface area contributed by atoms with E-state index in [4.69, 9.17) is 4.42 Å². The molecule has 4 aromatic rings. The van der Waals surface area contributed by atoms with Crippen molar-refractivity contribution in [2.75, 3.05) is 5.32 Å². The van der Waals surface area contributed by atoms with Crippen LogP contribution in [-0.2, 0) is 0 Å². The molecule has 23 heavy (non-hydrogen) atoms. The number of thiazole rings is 1. The second kappa shape index (κ2) is 5.33. The Hall–Kier alpha value is -3.00. The van der Waals surface area contributed by atoms with Crippen LogP contribution in [0.15, 0.2) is 40.1 Å². The lowest BCUT2D eigenvalue weighted by Gasteiger charge is -1.96. The second-order valence-corrected chi connectivity index (χ2v) is 5.95. The van der Waals surface area contributed by atoms with Crippen molar-refractivity contribution >= 4 is 34.2 Å². The maximum atomic E-state index is 12.2. The van der Waals surface area contributed by atoms with E-state index in [1.165, 1.54) is 11.3 Å².